The number of piperidine rings is 1. The van der Waals surface area contributed by atoms with Gasteiger partial charge in [0.15, 0.2) is 0 Å². The highest BCUT2D eigenvalue weighted by molar-refractivity contribution is 6.31. The molecule has 2 heterocycles. The van der Waals surface area contributed by atoms with Crippen LogP contribution in [0, 0.1) is 18.8 Å². The molecule has 2 atom stereocenters. The molecule has 1 aliphatic carbocycles. The molecule has 2 aromatic carbocycles. The minimum atomic E-state index is -0.229. The number of benzene rings is 2. The molecular weight excluding hydrogens is 450 g/mol. The molecule has 1 saturated heterocycles. The third-order valence-electron chi connectivity index (χ3n) is 6.60. The normalized spacial score (nSPS) is 18.5. The van der Waals surface area contributed by atoms with Crippen molar-refractivity contribution in [1.29, 1.82) is 0 Å². The average Bonchev–Trinajstić information content (AvgIpc) is 3.46. The highest BCUT2D eigenvalue weighted by Gasteiger charge is 2.45. The fourth-order valence-electron chi connectivity index (χ4n) is 4.39. The summed E-state index contributed by atoms with van der Waals surface area (Å²) in [4.78, 5) is 24.5. The van der Waals surface area contributed by atoms with Gasteiger partial charge in [0.05, 0.1) is 6.61 Å². The Balaban J connectivity index is 1.34. The van der Waals surface area contributed by atoms with Gasteiger partial charge < -0.3 is 20.6 Å². The van der Waals surface area contributed by atoms with Gasteiger partial charge in [0.1, 0.15) is 11.4 Å². The zero-order chi connectivity index (χ0) is 23.7. The van der Waals surface area contributed by atoms with Crippen LogP contribution < -0.4 is 15.5 Å². The molecule has 2 fully saturated rings. The van der Waals surface area contributed by atoms with Crippen molar-refractivity contribution in [3.05, 3.63) is 81.5 Å². The summed E-state index contributed by atoms with van der Waals surface area (Å²) in [5, 5.41) is 16.1. The number of hydrogen-bond acceptors (Lipinski definition) is 6. The lowest BCUT2D eigenvalue weighted by Crippen LogP contribution is -2.27. The quantitative estimate of drug-likeness (QED) is 0.455. The van der Waals surface area contributed by atoms with Crippen LogP contribution in [-0.2, 0) is 19.7 Å². The summed E-state index contributed by atoms with van der Waals surface area (Å²) in [6, 6.07) is 13.6. The lowest BCUT2D eigenvalue weighted by atomic mass is 10.1. The van der Waals surface area contributed by atoms with Gasteiger partial charge in [-0.25, -0.2) is 4.98 Å². The van der Waals surface area contributed by atoms with Crippen LogP contribution >= 0.6 is 11.6 Å². The van der Waals surface area contributed by atoms with Crippen LogP contribution in [0.25, 0.3) is 0 Å². The number of amides is 1. The van der Waals surface area contributed by atoms with E-state index in [1.54, 1.807) is 12.3 Å². The Kier molecular flexibility index (Phi) is 6.39. The Bertz CT molecular complexity index is 1190. The highest BCUT2D eigenvalue weighted by Crippen LogP contribution is 2.45. The van der Waals surface area contributed by atoms with Crippen LogP contribution in [0.1, 0.15) is 39.0 Å². The van der Waals surface area contributed by atoms with Gasteiger partial charge in [-0.3, -0.25) is 4.79 Å². The van der Waals surface area contributed by atoms with Crippen molar-refractivity contribution < 1.29 is 9.90 Å². The summed E-state index contributed by atoms with van der Waals surface area (Å²) >= 11 is 6.25. The lowest BCUT2D eigenvalue weighted by molar-refractivity contribution is 0.0951. The van der Waals surface area contributed by atoms with E-state index in [0.717, 1.165) is 36.1 Å². The maximum atomic E-state index is 13.1. The van der Waals surface area contributed by atoms with Gasteiger partial charge >= 0.3 is 0 Å². The Morgan fingerprint density at radius 1 is 1.12 bits per heavy atom. The number of anilines is 2. The third kappa shape index (κ3) is 5.00. The zero-order valence-electron chi connectivity index (χ0n) is 19.1. The summed E-state index contributed by atoms with van der Waals surface area (Å²) in [6.07, 6.45) is 2.91. The van der Waals surface area contributed by atoms with Crippen molar-refractivity contribution in [3.63, 3.8) is 0 Å². The number of aliphatic hydroxyl groups is 1. The number of rotatable bonds is 8. The fraction of sp³-hybridized carbons (Fsp3) is 0.346. The molecule has 176 valence electrons. The average molecular weight is 478 g/mol. The Morgan fingerprint density at radius 2 is 1.85 bits per heavy atom. The minimum Gasteiger partial charge on any atom is -0.392 e. The van der Waals surface area contributed by atoms with Gasteiger partial charge in [0.25, 0.3) is 5.91 Å². The first-order valence-electron chi connectivity index (χ1n) is 11.6. The van der Waals surface area contributed by atoms with Crippen molar-refractivity contribution in [2.24, 2.45) is 11.8 Å². The number of carbonyl (C=O) groups is 1. The molecule has 0 radical (unpaired) electrons. The van der Waals surface area contributed by atoms with Crippen molar-refractivity contribution in [2.45, 2.75) is 33.0 Å². The molecule has 0 spiro atoms. The number of nitrogens with zero attached hydrogens (tertiary/aromatic N) is 3. The first-order valence-corrected chi connectivity index (χ1v) is 12.0. The fourth-order valence-corrected chi connectivity index (χ4v) is 4.65. The summed E-state index contributed by atoms with van der Waals surface area (Å²) in [7, 11) is 0. The second-order valence-electron chi connectivity index (χ2n) is 9.20. The van der Waals surface area contributed by atoms with Gasteiger partial charge in [-0.2, -0.15) is 4.98 Å². The summed E-state index contributed by atoms with van der Waals surface area (Å²) in [5.41, 5.74) is 4.21. The lowest BCUT2D eigenvalue weighted by Gasteiger charge is -2.20. The molecular formula is C26H28ClN5O2. The molecule has 0 bridgehead atoms. The first kappa shape index (κ1) is 22.6. The maximum Gasteiger partial charge on any atom is 0.256 e. The Morgan fingerprint density at radius 3 is 2.56 bits per heavy atom. The van der Waals surface area contributed by atoms with Crippen LogP contribution in [0.15, 0.2) is 48.7 Å². The monoisotopic (exact) mass is 477 g/mol. The molecule has 7 nitrogen and oxygen atoms in total. The molecule has 1 amide bonds. The molecule has 1 aliphatic heterocycles. The first-order chi connectivity index (χ1) is 16.5. The molecule has 8 heteroatoms. The van der Waals surface area contributed by atoms with E-state index in [9.17, 15) is 9.90 Å². The molecule has 5 rings (SSSR count). The van der Waals surface area contributed by atoms with Crippen LogP contribution in [0.5, 0.6) is 0 Å². The summed E-state index contributed by atoms with van der Waals surface area (Å²) < 4.78 is 0. The predicted octanol–water partition coefficient (Wildman–Crippen LogP) is 3.93. The molecule has 3 N–H and O–H groups in total. The van der Waals surface area contributed by atoms with E-state index < -0.39 is 0 Å². The van der Waals surface area contributed by atoms with Crippen molar-refractivity contribution in [3.8, 4) is 0 Å². The maximum absolute atomic E-state index is 13.1. The standard InChI is InChI=1S/C26H28ClN5O2/c1-16-2-4-17(5-3-16)10-29-25(34)22-12-30-26(32-13-20-9-21(20)14-32)31-24(22)28-11-18-6-7-19(15-33)23(27)8-18/h2-8,12,20-21,33H,9-11,13-15H2,1H3,(H,29,34)(H,28,30,31). The highest BCUT2D eigenvalue weighted by atomic mass is 35.5. The van der Waals surface area contributed by atoms with Crippen LogP contribution in [0.3, 0.4) is 0 Å². The Labute approximate surface area is 204 Å². The van der Waals surface area contributed by atoms with E-state index in [2.05, 4.69) is 20.5 Å². The van der Waals surface area contributed by atoms with Gasteiger partial charge in [-0.1, -0.05) is 53.6 Å². The molecule has 1 aromatic heterocycles. The molecule has 34 heavy (non-hydrogen) atoms. The minimum absolute atomic E-state index is 0.106. The van der Waals surface area contributed by atoms with Gasteiger partial charge in [-0.15, -0.1) is 0 Å². The number of hydrogen-bond donors (Lipinski definition) is 3. The van der Waals surface area contributed by atoms with Crippen LogP contribution in [-0.4, -0.2) is 34.1 Å². The topological polar surface area (TPSA) is 90.4 Å². The molecule has 2 aliphatic rings. The molecule has 2 unspecified atom stereocenters. The van der Waals surface area contributed by atoms with Crippen molar-refractivity contribution >= 4 is 29.3 Å². The number of aliphatic hydroxyl groups excluding tert-OH is 1. The van der Waals surface area contributed by atoms with Crippen molar-refractivity contribution in [1.82, 2.24) is 15.3 Å². The number of aryl methyl sites for hydroxylation is 1. The van der Waals surface area contributed by atoms with E-state index in [0.29, 0.717) is 41.0 Å². The van der Waals surface area contributed by atoms with E-state index in [1.807, 2.05) is 43.3 Å². The number of nitrogens with one attached hydrogen (secondary N) is 2. The zero-order valence-corrected chi connectivity index (χ0v) is 19.8. The second-order valence-corrected chi connectivity index (χ2v) is 9.61. The Hall–Kier alpha value is -3.16. The SMILES string of the molecule is Cc1ccc(CNC(=O)c2cnc(N3CC4CC4C3)nc2NCc2ccc(CO)c(Cl)c2)cc1. The largest absolute Gasteiger partial charge is 0.392 e. The smallest absolute Gasteiger partial charge is 0.256 e. The summed E-state index contributed by atoms with van der Waals surface area (Å²) in [6.45, 7) is 4.74. The van der Waals surface area contributed by atoms with Crippen molar-refractivity contribution in [2.75, 3.05) is 23.3 Å². The van der Waals surface area contributed by atoms with Gasteiger partial charge in [-0.05, 0) is 47.9 Å². The summed E-state index contributed by atoms with van der Waals surface area (Å²) in [5.74, 6) is 2.43. The van der Waals surface area contributed by atoms with E-state index in [1.165, 1.54) is 12.0 Å². The van der Waals surface area contributed by atoms with Gasteiger partial charge in [0.2, 0.25) is 5.95 Å². The molecule has 3 aromatic rings. The van der Waals surface area contributed by atoms with Crippen LogP contribution in [0.4, 0.5) is 11.8 Å². The van der Waals surface area contributed by atoms with E-state index >= 15 is 0 Å². The van der Waals surface area contributed by atoms with E-state index in [4.69, 9.17) is 16.6 Å². The third-order valence-corrected chi connectivity index (χ3v) is 6.96. The second kappa shape index (κ2) is 9.60. The number of fused-ring (bicyclic) bond motifs is 1. The molecule has 1 saturated carbocycles. The van der Waals surface area contributed by atoms with Crippen LogP contribution in [0.2, 0.25) is 5.02 Å². The predicted molar refractivity (Wildman–Crippen MR) is 133 cm³/mol. The number of aromatic nitrogens is 2. The van der Waals surface area contributed by atoms with E-state index in [-0.39, 0.29) is 12.5 Å². The van der Waals surface area contributed by atoms with Gasteiger partial charge in [0, 0.05) is 37.4 Å². The number of carbonyl (C=O) groups excluding carboxylic acids is 1. The number of halogens is 1.